The van der Waals surface area contributed by atoms with Crippen LogP contribution in [0.4, 0.5) is 4.39 Å². The summed E-state index contributed by atoms with van der Waals surface area (Å²) in [5.74, 6) is 0.175. The Balaban J connectivity index is 3.21. The second-order valence-corrected chi connectivity index (χ2v) is 3.58. The number of hydrogen-bond acceptors (Lipinski definition) is 2. The maximum Gasteiger partial charge on any atom is 0.129 e. The second-order valence-electron chi connectivity index (χ2n) is 3.58. The first-order chi connectivity index (χ1) is 7.07. The molecular formula is C12H17FO2. The fourth-order valence-corrected chi connectivity index (χ4v) is 1.62. The Morgan fingerprint density at radius 3 is 2.40 bits per heavy atom. The van der Waals surface area contributed by atoms with Crippen molar-refractivity contribution in [2.75, 3.05) is 7.11 Å². The van der Waals surface area contributed by atoms with Crippen LogP contribution < -0.4 is 4.74 Å². The van der Waals surface area contributed by atoms with Crippen molar-refractivity contribution in [3.8, 4) is 5.75 Å². The van der Waals surface area contributed by atoms with Crippen molar-refractivity contribution >= 4 is 0 Å². The van der Waals surface area contributed by atoms with Gasteiger partial charge in [-0.05, 0) is 31.0 Å². The molecule has 1 aromatic rings. The third kappa shape index (κ3) is 2.29. The van der Waals surface area contributed by atoms with E-state index < -0.39 is 5.60 Å². The topological polar surface area (TPSA) is 29.5 Å². The van der Waals surface area contributed by atoms with Crippen molar-refractivity contribution < 1.29 is 14.2 Å². The molecular weight excluding hydrogens is 195 g/mol. The molecule has 0 amide bonds. The van der Waals surface area contributed by atoms with Gasteiger partial charge in [0.2, 0.25) is 0 Å². The lowest BCUT2D eigenvalue weighted by molar-refractivity contribution is 0.0246. The molecule has 0 aliphatic rings. The molecule has 15 heavy (non-hydrogen) atoms. The number of ether oxygens (including phenoxy) is 1. The molecule has 0 spiro atoms. The van der Waals surface area contributed by atoms with Crippen LogP contribution in [0.3, 0.4) is 0 Å². The van der Waals surface area contributed by atoms with Crippen LogP contribution in [0.15, 0.2) is 18.2 Å². The molecule has 0 aromatic heterocycles. The fourth-order valence-electron chi connectivity index (χ4n) is 1.62. The number of rotatable bonds is 4. The highest BCUT2D eigenvalue weighted by Gasteiger charge is 2.28. The van der Waals surface area contributed by atoms with Crippen LogP contribution in [0, 0.1) is 5.82 Å². The summed E-state index contributed by atoms with van der Waals surface area (Å²) in [6.45, 7) is 3.67. The van der Waals surface area contributed by atoms with Crippen LogP contribution in [-0.2, 0) is 5.60 Å². The molecule has 0 atom stereocenters. The Kier molecular flexibility index (Phi) is 3.69. The smallest absolute Gasteiger partial charge is 0.129 e. The van der Waals surface area contributed by atoms with Gasteiger partial charge in [-0.2, -0.15) is 0 Å². The molecule has 0 saturated carbocycles. The Morgan fingerprint density at radius 1 is 1.33 bits per heavy atom. The molecule has 0 saturated heterocycles. The SMILES string of the molecule is CCC(O)(CC)c1cc(OC)ccc1F. The monoisotopic (exact) mass is 212 g/mol. The molecule has 0 aliphatic heterocycles. The summed E-state index contributed by atoms with van der Waals surface area (Å²) in [5, 5.41) is 10.2. The van der Waals surface area contributed by atoms with E-state index in [1.165, 1.54) is 13.2 Å². The van der Waals surface area contributed by atoms with Gasteiger partial charge in [-0.25, -0.2) is 4.39 Å². The van der Waals surface area contributed by atoms with Gasteiger partial charge >= 0.3 is 0 Å². The zero-order valence-corrected chi connectivity index (χ0v) is 9.38. The third-order valence-electron chi connectivity index (χ3n) is 2.84. The molecule has 1 aromatic carbocycles. The summed E-state index contributed by atoms with van der Waals surface area (Å²) in [7, 11) is 1.52. The lowest BCUT2D eigenvalue weighted by Crippen LogP contribution is -2.25. The number of hydrogen-bond donors (Lipinski definition) is 1. The minimum atomic E-state index is -1.10. The molecule has 1 rings (SSSR count). The highest BCUT2D eigenvalue weighted by molar-refractivity contribution is 5.33. The molecule has 0 fully saturated rings. The van der Waals surface area contributed by atoms with Crippen LogP contribution in [0.5, 0.6) is 5.75 Å². The highest BCUT2D eigenvalue weighted by Crippen LogP contribution is 2.32. The second kappa shape index (κ2) is 4.62. The summed E-state index contributed by atoms with van der Waals surface area (Å²) < 4.78 is 18.6. The lowest BCUT2D eigenvalue weighted by atomic mass is 9.88. The molecule has 0 unspecified atom stereocenters. The maximum atomic E-state index is 13.6. The first-order valence-electron chi connectivity index (χ1n) is 5.13. The Hall–Kier alpha value is -1.09. The number of aliphatic hydroxyl groups is 1. The zero-order valence-electron chi connectivity index (χ0n) is 9.38. The van der Waals surface area contributed by atoms with E-state index in [0.29, 0.717) is 24.2 Å². The Bertz CT molecular complexity index is 332. The van der Waals surface area contributed by atoms with Crippen molar-refractivity contribution in [2.45, 2.75) is 32.3 Å². The van der Waals surface area contributed by atoms with Crippen molar-refractivity contribution in [2.24, 2.45) is 0 Å². The van der Waals surface area contributed by atoms with Gasteiger partial charge < -0.3 is 9.84 Å². The average Bonchev–Trinajstić information content (AvgIpc) is 2.28. The van der Waals surface area contributed by atoms with Crippen molar-refractivity contribution in [3.05, 3.63) is 29.6 Å². The van der Waals surface area contributed by atoms with E-state index >= 15 is 0 Å². The van der Waals surface area contributed by atoms with E-state index in [1.807, 2.05) is 13.8 Å². The molecule has 3 heteroatoms. The van der Waals surface area contributed by atoms with Gasteiger partial charge in [0.15, 0.2) is 0 Å². The minimum absolute atomic E-state index is 0.312. The largest absolute Gasteiger partial charge is 0.497 e. The summed E-state index contributed by atoms with van der Waals surface area (Å²) in [6, 6.07) is 4.43. The van der Waals surface area contributed by atoms with Crippen LogP contribution in [-0.4, -0.2) is 12.2 Å². The zero-order chi connectivity index (χ0) is 11.5. The predicted octanol–water partition coefficient (Wildman–Crippen LogP) is 2.84. The van der Waals surface area contributed by atoms with Crippen LogP contribution >= 0.6 is 0 Å². The van der Waals surface area contributed by atoms with Gasteiger partial charge in [0.05, 0.1) is 12.7 Å². The fraction of sp³-hybridized carbons (Fsp3) is 0.500. The first kappa shape index (κ1) is 12.0. The van der Waals surface area contributed by atoms with Crippen LogP contribution in [0.2, 0.25) is 0 Å². The summed E-state index contributed by atoms with van der Waals surface area (Å²) in [4.78, 5) is 0. The Labute approximate surface area is 89.7 Å². The average molecular weight is 212 g/mol. The van der Waals surface area contributed by atoms with Gasteiger partial charge in [-0.1, -0.05) is 13.8 Å². The molecule has 2 nitrogen and oxygen atoms in total. The molecule has 0 bridgehead atoms. The quantitative estimate of drug-likeness (QED) is 0.831. The van der Waals surface area contributed by atoms with E-state index in [2.05, 4.69) is 0 Å². The van der Waals surface area contributed by atoms with Crippen LogP contribution in [0.25, 0.3) is 0 Å². The van der Waals surface area contributed by atoms with Gasteiger partial charge in [0.25, 0.3) is 0 Å². The number of methoxy groups -OCH3 is 1. The van der Waals surface area contributed by atoms with E-state index in [9.17, 15) is 9.50 Å². The molecule has 0 heterocycles. The van der Waals surface area contributed by atoms with E-state index in [-0.39, 0.29) is 5.82 Å². The molecule has 84 valence electrons. The minimum Gasteiger partial charge on any atom is -0.497 e. The van der Waals surface area contributed by atoms with Gasteiger partial charge in [0, 0.05) is 5.56 Å². The van der Waals surface area contributed by atoms with Gasteiger partial charge in [-0.3, -0.25) is 0 Å². The van der Waals surface area contributed by atoms with E-state index in [1.54, 1.807) is 12.1 Å². The van der Waals surface area contributed by atoms with Gasteiger partial charge in [0.1, 0.15) is 11.6 Å². The molecule has 1 N–H and O–H groups in total. The summed E-state index contributed by atoms with van der Waals surface area (Å²) in [6.07, 6.45) is 0.959. The van der Waals surface area contributed by atoms with Gasteiger partial charge in [-0.15, -0.1) is 0 Å². The lowest BCUT2D eigenvalue weighted by Gasteiger charge is -2.26. The van der Waals surface area contributed by atoms with Crippen molar-refractivity contribution in [1.29, 1.82) is 0 Å². The number of benzene rings is 1. The maximum absolute atomic E-state index is 13.6. The summed E-state index contributed by atoms with van der Waals surface area (Å²) >= 11 is 0. The van der Waals surface area contributed by atoms with E-state index in [4.69, 9.17) is 4.74 Å². The first-order valence-corrected chi connectivity index (χ1v) is 5.13. The molecule has 0 radical (unpaired) electrons. The van der Waals surface area contributed by atoms with Crippen molar-refractivity contribution in [1.82, 2.24) is 0 Å². The Morgan fingerprint density at radius 2 is 1.93 bits per heavy atom. The predicted molar refractivity (Wildman–Crippen MR) is 57.4 cm³/mol. The molecule has 0 aliphatic carbocycles. The van der Waals surface area contributed by atoms with E-state index in [0.717, 1.165) is 0 Å². The highest BCUT2D eigenvalue weighted by atomic mass is 19.1. The van der Waals surface area contributed by atoms with Crippen molar-refractivity contribution in [3.63, 3.8) is 0 Å². The standard InChI is InChI=1S/C12H17FO2/c1-4-12(14,5-2)10-8-9(15-3)6-7-11(10)13/h6-8,14H,4-5H2,1-3H3. The van der Waals surface area contributed by atoms with Crippen LogP contribution in [0.1, 0.15) is 32.3 Å². The normalized spacial score (nSPS) is 11.5. The third-order valence-corrected chi connectivity index (χ3v) is 2.84. The number of halogens is 1. The summed E-state index contributed by atoms with van der Waals surface area (Å²) in [5.41, 5.74) is -0.787.